The van der Waals surface area contributed by atoms with Crippen LogP contribution in [0.3, 0.4) is 0 Å². The molecule has 0 aliphatic heterocycles. The van der Waals surface area contributed by atoms with Crippen LogP contribution in [0.2, 0.25) is 0 Å². The third-order valence-corrected chi connectivity index (χ3v) is 3.26. The first-order chi connectivity index (χ1) is 13.3. The highest BCUT2D eigenvalue weighted by atomic mass is 16.6. The first-order valence-corrected chi connectivity index (χ1v) is 8.04. The van der Waals surface area contributed by atoms with Crippen molar-refractivity contribution in [2.24, 2.45) is 0 Å². The molecule has 0 heterocycles. The summed E-state index contributed by atoms with van der Waals surface area (Å²) in [4.78, 5) is 44.7. The van der Waals surface area contributed by atoms with Gasteiger partial charge in [-0.3, -0.25) is 19.7 Å². The number of nitro benzene ring substituents is 1. The average molecular weight is 387 g/mol. The third kappa shape index (κ3) is 6.41. The molecule has 0 atom stereocenters. The SMILES string of the molecule is CC(=O)Nc1ccc(NC(=O)COC(=O)COc2ccccc2[N+](=O)[O-])cc1. The molecule has 0 spiro atoms. The van der Waals surface area contributed by atoms with Crippen LogP contribution < -0.4 is 15.4 Å². The number of anilines is 2. The van der Waals surface area contributed by atoms with Gasteiger partial charge in [-0.15, -0.1) is 0 Å². The van der Waals surface area contributed by atoms with E-state index in [1.54, 1.807) is 24.3 Å². The fourth-order valence-corrected chi connectivity index (χ4v) is 2.09. The van der Waals surface area contributed by atoms with Gasteiger partial charge in [-0.25, -0.2) is 4.79 Å². The maximum absolute atomic E-state index is 11.8. The average Bonchev–Trinajstić information content (AvgIpc) is 2.66. The number of esters is 1. The van der Waals surface area contributed by atoms with Gasteiger partial charge >= 0.3 is 11.7 Å². The number of para-hydroxylation sites is 2. The molecule has 2 amide bonds. The number of amides is 2. The van der Waals surface area contributed by atoms with Crippen LogP contribution in [0.25, 0.3) is 0 Å². The van der Waals surface area contributed by atoms with Crippen molar-refractivity contribution >= 4 is 34.8 Å². The van der Waals surface area contributed by atoms with E-state index in [0.717, 1.165) is 0 Å². The Bertz CT molecular complexity index is 881. The number of carbonyl (C=O) groups is 3. The fourth-order valence-electron chi connectivity index (χ4n) is 2.09. The summed E-state index contributed by atoms with van der Waals surface area (Å²) < 4.78 is 9.84. The molecule has 0 aliphatic rings. The summed E-state index contributed by atoms with van der Waals surface area (Å²) in [6.45, 7) is 0.250. The van der Waals surface area contributed by atoms with Crippen molar-refractivity contribution in [1.29, 1.82) is 0 Å². The van der Waals surface area contributed by atoms with Gasteiger partial charge in [0.05, 0.1) is 4.92 Å². The number of nitro groups is 1. The molecule has 0 bridgehead atoms. The lowest BCUT2D eigenvalue weighted by atomic mass is 10.2. The number of rotatable bonds is 8. The summed E-state index contributed by atoms with van der Waals surface area (Å²) in [6, 6.07) is 11.9. The van der Waals surface area contributed by atoms with Crippen molar-refractivity contribution in [2.45, 2.75) is 6.92 Å². The Hall–Kier alpha value is -3.95. The van der Waals surface area contributed by atoms with Gasteiger partial charge in [0.1, 0.15) is 0 Å². The molecule has 2 rings (SSSR count). The minimum absolute atomic E-state index is 0.0758. The number of hydrogen-bond acceptors (Lipinski definition) is 7. The Labute approximate surface area is 159 Å². The van der Waals surface area contributed by atoms with Crippen LogP contribution in [0.4, 0.5) is 17.1 Å². The van der Waals surface area contributed by atoms with E-state index < -0.39 is 30.0 Å². The number of benzene rings is 2. The van der Waals surface area contributed by atoms with Crippen LogP contribution in [0.5, 0.6) is 5.75 Å². The van der Waals surface area contributed by atoms with Crippen LogP contribution in [-0.2, 0) is 19.1 Å². The second-order valence-electron chi connectivity index (χ2n) is 5.48. The zero-order chi connectivity index (χ0) is 20.5. The van der Waals surface area contributed by atoms with E-state index in [1.807, 2.05) is 0 Å². The molecule has 2 N–H and O–H groups in total. The smallest absolute Gasteiger partial charge is 0.344 e. The third-order valence-electron chi connectivity index (χ3n) is 3.26. The lowest BCUT2D eigenvalue weighted by molar-refractivity contribution is -0.385. The molecular weight excluding hydrogens is 370 g/mol. The zero-order valence-corrected chi connectivity index (χ0v) is 14.8. The molecule has 2 aromatic carbocycles. The monoisotopic (exact) mass is 387 g/mol. The molecule has 28 heavy (non-hydrogen) atoms. The van der Waals surface area contributed by atoms with E-state index >= 15 is 0 Å². The molecule has 0 radical (unpaired) electrons. The van der Waals surface area contributed by atoms with Crippen molar-refractivity contribution < 1.29 is 28.8 Å². The largest absolute Gasteiger partial charge is 0.475 e. The van der Waals surface area contributed by atoms with Crippen LogP contribution in [0, 0.1) is 10.1 Å². The molecule has 0 aromatic heterocycles. The molecule has 0 saturated heterocycles. The summed E-state index contributed by atoms with van der Waals surface area (Å²) in [6.07, 6.45) is 0. The normalized spacial score (nSPS) is 9.89. The molecule has 0 fully saturated rings. The molecule has 146 valence electrons. The van der Waals surface area contributed by atoms with Crippen LogP contribution in [0.15, 0.2) is 48.5 Å². The van der Waals surface area contributed by atoms with Gasteiger partial charge in [0, 0.05) is 24.4 Å². The molecule has 10 heteroatoms. The Balaban J connectivity index is 1.77. The number of nitrogens with zero attached hydrogens (tertiary/aromatic N) is 1. The first-order valence-electron chi connectivity index (χ1n) is 8.04. The summed E-state index contributed by atoms with van der Waals surface area (Å²) in [7, 11) is 0. The maximum Gasteiger partial charge on any atom is 0.344 e. The fraction of sp³-hybridized carbons (Fsp3) is 0.167. The summed E-state index contributed by atoms with van der Waals surface area (Å²) in [5.41, 5.74) is 0.742. The number of nitrogens with one attached hydrogen (secondary N) is 2. The van der Waals surface area contributed by atoms with Crippen molar-refractivity contribution in [3.63, 3.8) is 0 Å². The van der Waals surface area contributed by atoms with Gasteiger partial charge in [0.15, 0.2) is 19.0 Å². The van der Waals surface area contributed by atoms with Gasteiger partial charge < -0.3 is 20.1 Å². The predicted octanol–water partition coefficient (Wildman–Crippen LogP) is 2.11. The molecule has 0 saturated carbocycles. The minimum atomic E-state index is -0.852. The van der Waals surface area contributed by atoms with Crippen molar-refractivity contribution in [3.8, 4) is 5.75 Å². The van der Waals surface area contributed by atoms with E-state index in [2.05, 4.69) is 10.6 Å². The van der Waals surface area contributed by atoms with E-state index in [9.17, 15) is 24.5 Å². The van der Waals surface area contributed by atoms with Crippen molar-refractivity contribution in [1.82, 2.24) is 0 Å². The minimum Gasteiger partial charge on any atom is -0.475 e. The van der Waals surface area contributed by atoms with Crippen molar-refractivity contribution in [3.05, 3.63) is 58.6 Å². The van der Waals surface area contributed by atoms with Crippen LogP contribution in [-0.4, -0.2) is 35.9 Å². The van der Waals surface area contributed by atoms with E-state index in [4.69, 9.17) is 9.47 Å². The Morgan fingerprint density at radius 3 is 2.18 bits per heavy atom. The molecule has 0 aliphatic carbocycles. The number of hydrogen-bond donors (Lipinski definition) is 2. The molecule has 2 aromatic rings. The molecule has 0 unspecified atom stereocenters. The van der Waals surface area contributed by atoms with E-state index in [1.165, 1.54) is 31.2 Å². The summed E-state index contributed by atoms with van der Waals surface area (Å²) in [5, 5.41) is 16.0. The van der Waals surface area contributed by atoms with Gasteiger partial charge in [0.2, 0.25) is 5.91 Å². The predicted molar refractivity (Wildman–Crippen MR) is 98.9 cm³/mol. The number of ether oxygens (including phenoxy) is 2. The first kappa shape index (κ1) is 20.4. The highest BCUT2D eigenvalue weighted by Gasteiger charge is 2.16. The second-order valence-corrected chi connectivity index (χ2v) is 5.48. The topological polar surface area (TPSA) is 137 Å². The highest BCUT2D eigenvalue weighted by molar-refractivity contribution is 5.93. The lowest BCUT2D eigenvalue weighted by Gasteiger charge is -2.09. The highest BCUT2D eigenvalue weighted by Crippen LogP contribution is 2.25. The number of carbonyl (C=O) groups excluding carboxylic acids is 3. The van der Waals surface area contributed by atoms with Gasteiger partial charge in [-0.2, -0.15) is 0 Å². The van der Waals surface area contributed by atoms with E-state index in [0.29, 0.717) is 11.4 Å². The molecule has 10 nitrogen and oxygen atoms in total. The maximum atomic E-state index is 11.8. The Kier molecular flexibility index (Phi) is 7.03. The Morgan fingerprint density at radius 1 is 0.964 bits per heavy atom. The quantitative estimate of drug-likeness (QED) is 0.402. The van der Waals surface area contributed by atoms with Gasteiger partial charge in [-0.1, -0.05) is 12.1 Å². The Morgan fingerprint density at radius 2 is 1.57 bits per heavy atom. The summed E-state index contributed by atoms with van der Waals surface area (Å²) in [5.74, 6) is -1.72. The zero-order valence-electron chi connectivity index (χ0n) is 14.8. The van der Waals surface area contributed by atoms with Gasteiger partial charge in [-0.05, 0) is 30.3 Å². The van der Waals surface area contributed by atoms with Crippen molar-refractivity contribution in [2.75, 3.05) is 23.8 Å². The van der Waals surface area contributed by atoms with E-state index in [-0.39, 0.29) is 17.3 Å². The molecular formula is C18H17N3O7. The van der Waals surface area contributed by atoms with Gasteiger partial charge in [0.25, 0.3) is 5.91 Å². The standard InChI is InChI=1S/C18H17N3O7/c1-12(22)19-13-6-8-14(9-7-13)20-17(23)10-28-18(24)11-27-16-5-3-2-4-15(16)21(25)26/h2-9H,10-11H2,1H3,(H,19,22)(H,20,23). The second kappa shape index (κ2) is 9.67. The summed E-state index contributed by atoms with van der Waals surface area (Å²) >= 11 is 0. The van der Waals surface area contributed by atoms with Crippen LogP contribution in [0.1, 0.15) is 6.92 Å². The lowest BCUT2D eigenvalue weighted by Crippen LogP contribution is -2.23. The van der Waals surface area contributed by atoms with Crippen LogP contribution >= 0.6 is 0 Å².